The van der Waals surface area contributed by atoms with Crippen molar-refractivity contribution in [2.24, 2.45) is 4.99 Å². The van der Waals surface area contributed by atoms with Gasteiger partial charge in [-0.3, -0.25) is 4.99 Å². The topological polar surface area (TPSA) is 70.6 Å². The number of halogens is 1. The summed E-state index contributed by atoms with van der Waals surface area (Å²) in [5.41, 5.74) is 0. The summed E-state index contributed by atoms with van der Waals surface area (Å²) in [6.07, 6.45) is 0.917. The molecule has 8 heteroatoms. The third-order valence-corrected chi connectivity index (χ3v) is 5.90. The summed E-state index contributed by atoms with van der Waals surface area (Å²) in [6, 6.07) is 12.6. The minimum absolute atomic E-state index is 0. The van der Waals surface area contributed by atoms with E-state index in [4.69, 9.17) is 0 Å². The fraction of sp³-hybridized carbons (Fsp3) is 0.312. The highest BCUT2D eigenvalue weighted by Gasteiger charge is 2.13. The summed E-state index contributed by atoms with van der Waals surface area (Å²) in [5.74, 6) is 0.646. The predicted octanol–water partition coefficient (Wildman–Crippen LogP) is 2.55. The van der Waals surface area contributed by atoms with E-state index in [-0.39, 0.29) is 29.7 Å². The quantitative estimate of drug-likeness (QED) is 0.364. The highest BCUT2D eigenvalue weighted by Crippen LogP contribution is 2.09. The minimum Gasteiger partial charge on any atom is -0.356 e. The molecular weight excluding hydrogens is 457 g/mol. The molecule has 0 aliphatic rings. The molecule has 0 aliphatic carbocycles. The highest BCUT2D eigenvalue weighted by atomic mass is 127. The van der Waals surface area contributed by atoms with Gasteiger partial charge in [0.1, 0.15) is 0 Å². The Morgan fingerprint density at radius 3 is 2.42 bits per heavy atom. The zero-order valence-electron chi connectivity index (χ0n) is 13.4. The van der Waals surface area contributed by atoms with Crippen LogP contribution in [0.3, 0.4) is 0 Å². The summed E-state index contributed by atoms with van der Waals surface area (Å²) in [5, 5.41) is 8.28. The molecule has 1 aromatic heterocycles. The number of guanidine groups is 1. The second kappa shape index (κ2) is 10.7. The number of hydrogen-bond acceptors (Lipinski definition) is 4. The van der Waals surface area contributed by atoms with Crippen LogP contribution in [0, 0.1) is 0 Å². The molecule has 2 N–H and O–H groups in total. The molecule has 2 rings (SSSR count). The van der Waals surface area contributed by atoms with Crippen molar-refractivity contribution in [3.05, 3.63) is 52.7 Å². The van der Waals surface area contributed by atoms with Gasteiger partial charge in [-0.15, -0.1) is 35.3 Å². The van der Waals surface area contributed by atoms with Crippen molar-refractivity contribution in [2.75, 3.05) is 25.9 Å². The van der Waals surface area contributed by atoms with Crippen LogP contribution in [0.25, 0.3) is 0 Å². The number of nitrogens with one attached hydrogen (secondary N) is 2. The van der Waals surface area contributed by atoms with Crippen molar-refractivity contribution >= 4 is 51.1 Å². The van der Waals surface area contributed by atoms with E-state index in [0.29, 0.717) is 17.4 Å². The van der Waals surface area contributed by atoms with E-state index < -0.39 is 9.84 Å². The zero-order chi connectivity index (χ0) is 16.5. The van der Waals surface area contributed by atoms with Crippen molar-refractivity contribution in [1.82, 2.24) is 10.6 Å². The first-order chi connectivity index (χ1) is 11.1. The van der Waals surface area contributed by atoms with Crippen molar-refractivity contribution in [3.63, 3.8) is 0 Å². The van der Waals surface area contributed by atoms with Crippen molar-refractivity contribution in [2.45, 2.75) is 11.3 Å². The van der Waals surface area contributed by atoms with Gasteiger partial charge in [0.05, 0.1) is 10.6 Å². The summed E-state index contributed by atoms with van der Waals surface area (Å²) in [6.45, 7) is 1.07. The lowest BCUT2D eigenvalue weighted by Gasteiger charge is -2.11. The second-order valence-corrected chi connectivity index (χ2v) is 8.03. The van der Waals surface area contributed by atoms with E-state index in [1.807, 2.05) is 6.07 Å². The maximum absolute atomic E-state index is 12.2. The Morgan fingerprint density at radius 2 is 1.79 bits per heavy atom. The molecule has 0 amide bonds. The lowest BCUT2D eigenvalue weighted by molar-refractivity contribution is 0.594. The minimum atomic E-state index is -3.26. The van der Waals surface area contributed by atoms with Gasteiger partial charge in [0.15, 0.2) is 15.8 Å². The monoisotopic (exact) mass is 479 g/mol. The van der Waals surface area contributed by atoms with E-state index in [2.05, 4.69) is 27.1 Å². The van der Waals surface area contributed by atoms with Crippen LogP contribution in [0.15, 0.2) is 57.7 Å². The molecule has 0 saturated carbocycles. The van der Waals surface area contributed by atoms with Gasteiger partial charge in [-0.25, -0.2) is 8.42 Å². The largest absolute Gasteiger partial charge is 0.356 e. The van der Waals surface area contributed by atoms with Gasteiger partial charge in [0, 0.05) is 25.0 Å². The number of thiophene rings is 1. The standard InChI is InChI=1S/C16H21N3O2S2.HI/c1-17-16(18-10-9-14-6-5-12-22-14)19-11-13-23(20,21)15-7-3-2-4-8-15;/h2-8,12H,9-11,13H2,1H3,(H2,17,18,19);1H. The lowest BCUT2D eigenvalue weighted by Crippen LogP contribution is -2.40. The van der Waals surface area contributed by atoms with Gasteiger partial charge >= 0.3 is 0 Å². The van der Waals surface area contributed by atoms with E-state index in [9.17, 15) is 8.42 Å². The normalized spacial score (nSPS) is 11.6. The Kier molecular flexibility index (Phi) is 9.30. The molecule has 0 bridgehead atoms. The molecule has 132 valence electrons. The second-order valence-electron chi connectivity index (χ2n) is 4.89. The molecular formula is C16H22IN3O2S2. The van der Waals surface area contributed by atoms with E-state index in [1.54, 1.807) is 48.7 Å². The maximum Gasteiger partial charge on any atom is 0.191 e. The number of sulfone groups is 1. The van der Waals surface area contributed by atoms with Crippen LogP contribution in [-0.2, 0) is 16.3 Å². The van der Waals surface area contributed by atoms with Crippen LogP contribution in [0.4, 0.5) is 0 Å². The number of benzene rings is 1. The SMILES string of the molecule is CN=C(NCCc1cccs1)NCCS(=O)(=O)c1ccccc1.I. The van der Waals surface area contributed by atoms with Gasteiger partial charge in [-0.1, -0.05) is 24.3 Å². The average Bonchev–Trinajstić information content (AvgIpc) is 3.07. The van der Waals surface area contributed by atoms with Gasteiger partial charge in [-0.2, -0.15) is 0 Å². The lowest BCUT2D eigenvalue weighted by atomic mass is 10.3. The Balaban J connectivity index is 0.00000288. The van der Waals surface area contributed by atoms with Gasteiger partial charge in [-0.05, 0) is 30.0 Å². The van der Waals surface area contributed by atoms with Crippen LogP contribution >= 0.6 is 35.3 Å². The number of hydrogen-bond donors (Lipinski definition) is 2. The first kappa shape index (κ1) is 20.9. The van der Waals surface area contributed by atoms with Gasteiger partial charge < -0.3 is 10.6 Å². The molecule has 0 spiro atoms. The molecule has 0 atom stereocenters. The molecule has 2 aromatic rings. The number of aliphatic imine (C=N–C) groups is 1. The van der Waals surface area contributed by atoms with E-state index in [0.717, 1.165) is 13.0 Å². The zero-order valence-corrected chi connectivity index (χ0v) is 17.4. The van der Waals surface area contributed by atoms with Crippen molar-refractivity contribution in [3.8, 4) is 0 Å². The Labute approximate surface area is 164 Å². The number of nitrogens with zero attached hydrogens (tertiary/aromatic N) is 1. The highest BCUT2D eigenvalue weighted by molar-refractivity contribution is 14.0. The van der Waals surface area contributed by atoms with Crippen LogP contribution < -0.4 is 10.6 Å². The fourth-order valence-electron chi connectivity index (χ4n) is 2.03. The van der Waals surface area contributed by atoms with Gasteiger partial charge in [0.25, 0.3) is 0 Å². The first-order valence-corrected chi connectivity index (χ1v) is 9.90. The molecule has 1 heterocycles. The summed E-state index contributed by atoms with van der Waals surface area (Å²) in [4.78, 5) is 5.76. The summed E-state index contributed by atoms with van der Waals surface area (Å²) < 4.78 is 24.3. The molecule has 0 fully saturated rings. The molecule has 24 heavy (non-hydrogen) atoms. The van der Waals surface area contributed by atoms with Crippen LogP contribution in [0.5, 0.6) is 0 Å². The van der Waals surface area contributed by atoms with E-state index >= 15 is 0 Å². The van der Waals surface area contributed by atoms with E-state index in [1.165, 1.54) is 4.88 Å². The predicted molar refractivity (Wildman–Crippen MR) is 111 cm³/mol. The van der Waals surface area contributed by atoms with Crippen LogP contribution in [-0.4, -0.2) is 40.3 Å². The molecule has 1 aromatic carbocycles. The Morgan fingerprint density at radius 1 is 1.08 bits per heavy atom. The third-order valence-electron chi connectivity index (χ3n) is 3.23. The Hall–Kier alpha value is -1.13. The van der Waals surface area contributed by atoms with Crippen molar-refractivity contribution in [1.29, 1.82) is 0 Å². The smallest absolute Gasteiger partial charge is 0.191 e. The molecule has 0 radical (unpaired) electrons. The molecule has 0 saturated heterocycles. The third kappa shape index (κ3) is 6.78. The number of rotatable bonds is 7. The fourth-order valence-corrected chi connectivity index (χ4v) is 3.92. The first-order valence-electron chi connectivity index (χ1n) is 7.36. The van der Waals surface area contributed by atoms with Crippen LogP contribution in [0.2, 0.25) is 0 Å². The summed E-state index contributed by atoms with van der Waals surface area (Å²) >= 11 is 1.72. The summed E-state index contributed by atoms with van der Waals surface area (Å²) in [7, 11) is -1.59. The molecule has 0 aliphatic heterocycles. The van der Waals surface area contributed by atoms with Gasteiger partial charge in [0.2, 0.25) is 0 Å². The molecule has 0 unspecified atom stereocenters. The van der Waals surface area contributed by atoms with Crippen LogP contribution in [0.1, 0.15) is 4.88 Å². The molecule has 5 nitrogen and oxygen atoms in total. The maximum atomic E-state index is 12.2. The average molecular weight is 479 g/mol. The Bertz CT molecular complexity index is 717. The van der Waals surface area contributed by atoms with Crippen molar-refractivity contribution < 1.29 is 8.42 Å².